The van der Waals surface area contributed by atoms with Crippen molar-refractivity contribution in [3.63, 3.8) is 0 Å². The molecule has 0 aliphatic carbocycles. The van der Waals surface area contributed by atoms with E-state index in [4.69, 9.17) is 9.15 Å². The van der Waals surface area contributed by atoms with Crippen molar-refractivity contribution in [3.8, 4) is 5.75 Å². The van der Waals surface area contributed by atoms with Crippen LogP contribution >= 0.6 is 0 Å². The van der Waals surface area contributed by atoms with Gasteiger partial charge in [0.1, 0.15) is 11.5 Å². The van der Waals surface area contributed by atoms with Gasteiger partial charge in [0.15, 0.2) is 0 Å². The molecule has 2 unspecified atom stereocenters. The van der Waals surface area contributed by atoms with Crippen LogP contribution in [-0.4, -0.2) is 13.7 Å². The van der Waals surface area contributed by atoms with Gasteiger partial charge in [0.05, 0.1) is 12.9 Å². The molecule has 0 fully saturated rings. The topological polar surface area (TPSA) is 34.4 Å². The molecule has 0 saturated heterocycles. The Labute approximate surface area is 126 Å². The van der Waals surface area contributed by atoms with Gasteiger partial charge in [0, 0.05) is 18.0 Å². The maximum absolute atomic E-state index is 5.77. The van der Waals surface area contributed by atoms with E-state index < -0.39 is 0 Å². The minimum atomic E-state index is 0.329. The number of nitrogens with one attached hydrogen (secondary N) is 1. The average molecular weight is 285 g/mol. The lowest BCUT2D eigenvalue weighted by atomic mass is 9.85. The Bertz CT molecular complexity index is 590. The van der Waals surface area contributed by atoms with E-state index in [1.807, 2.05) is 13.1 Å². The summed E-state index contributed by atoms with van der Waals surface area (Å²) in [5, 5.41) is 3.46. The van der Waals surface area contributed by atoms with Crippen molar-refractivity contribution in [1.29, 1.82) is 0 Å². The zero-order chi connectivity index (χ0) is 14.7. The molecule has 2 heterocycles. The van der Waals surface area contributed by atoms with Crippen LogP contribution in [0.15, 0.2) is 41.0 Å². The highest BCUT2D eigenvalue weighted by molar-refractivity contribution is 5.38. The minimum absolute atomic E-state index is 0.329. The number of hydrogen-bond acceptors (Lipinski definition) is 3. The van der Waals surface area contributed by atoms with Crippen molar-refractivity contribution in [2.75, 3.05) is 13.7 Å². The lowest BCUT2D eigenvalue weighted by molar-refractivity contribution is 0.256. The second kappa shape index (κ2) is 6.35. The van der Waals surface area contributed by atoms with Gasteiger partial charge in [-0.25, -0.2) is 0 Å². The van der Waals surface area contributed by atoms with Gasteiger partial charge < -0.3 is 14.5 Å². The fourth-order valence-electron chi connectivity index (χ4n) is 3.29. The summed E-state index contributed by atoms with van der Waals surface area (Å²) in [4.78, 5) is 0. The highest BCUT2D eigenvalue weighted by Crippen LogP contribution is 2.39. The average Bonchev–Trinajstić information content (AvgIpc) is 3.01. The predicted molar refractivity (Wildman–Crippen MR) is 83.8 cm³/mol. The molecule has 1 aromatic heterocycles. The highest BCUT2D eigenvalue weighted by Gasteiger charge is 2.26. The summed E-state index contributed by atoms with van der Waals surface area (Å²) in [6.07, 6.45) is 4.89. The second-order valence-corrected chi connectivity index (χ2v) is 5.60. The second-order valence-electron chi connectivity index (χ2n) is 5.60. The van der Waals surface area contributed by atoms with Crippen molar-refractivity contribution in [3.05, 3.63) is 53.5 Å². The molecule has 0 bridgehead atoms. The molecule has 2 aromatic rings. The van der Waals surface area contributed by atoms with Crippen LogP contribution in [0.1, 0.15) is 48.6 Å². The Morgan fingerprint density at radius 3 is 2.95 bits per heavy atom. The zero-order valence-corrected chi connectivity index (χ0v) is 12.8. The van der Waals surface area contributed by atoms with Crippen LogP contribution in [0.3, 0.4) is 0 Å². The number of aryl methyl sites for hydroxylation is 1. The first-order valence-electron chi connectivity index (χ1n) is 7.78. The smallest absolute Gasteiger partial charge is 0.122 e. The van der Waals surface area contributed by atoms with Gasteiger partial charge in [-0.15, -0.1) is 0 Å². The fourth-order valence-corrected chi connectivity index (χ4v) is 3.29. The molecule has 3 heteroatoms. The van der Waals surface area contributed by atoms with E-state index >= 15 is 0 Å². The maximum atomic E-state index is 5.77. The summed E-state index contributed by atoms with van der Waals surface area (Å²) in [6.45, 7) is 2.95. The quantitative estimate of drug-likeness (QED) is 0.899. The van der Waals surface area contributed by atoms with E-state index in [1.54, 1.807) is 6.26 Å². The molecule has 112 valence electrons. The molecule has 21 heavy (non-hydrogen) atoms. The summed E-state index contributed by atoms with van der Waals surface area (Å²) < 4.78 is 11.4. The molecule has 1 aliphatic heterocycles. The van der Waals surface area contributed by atoms with Crippen molar-refractivity contribution >= 4 is 0 Å². The number of para-hydroxylation sites is 1. The van der Waals surface area contributed by atoms with Crippen molar-refractivity contribution < 1.29 is 9.15 Å². The number of hydrogen-bond donors (Lipinski definition) is 1. The van der Waals surface area contributed by atoms with Crippen LogP contribution in [0.4, 0.5) is 0 Å². The summed E-state index contributed by atoms with van der Waals surface area (Å²) in [5.41, 5.74) is 2.63. The molecular weight excluding hydrogens is 262 g/mol. The number of ether oxygens (including phenoxy) is 1. The van der Waals surface area contributed by atoms with Crippen molar-refractivity contribution in [2.45, 2.75) is 38.1 Å². The molecule has 0 saturated carbocycles. The fraction of sp³-hybridized carbons (Fsp3) is 0.444. The first-order valence-corrected chi connectivity index (χ1v) is 7.78. The Hall–Kier alpha value is -1.74. The molecule has 0 radical (unpaired) electrons. The normalized spacial score (nSPS) is 18.9. The van der Waals surface area contributed by atoms with Gasteiger partial charge in [0.25, 0.3) is 0 Å². The van der Waals surface area contributed by atoms with E-state index in [2.05, 4.69) is 36.5 Å². The summed E-state index contributed by atoms with van der Waals surface area (Å²) >= 11 is 0. The Balaban J connectivity index is 1.82. The summed E-state index contributed by atoms with van der Waals surface area (Å²) in [5.74, 6) is 2.67. The van der Waals surface area contributed by atoms with E-state index in [9.17, 15) is 0 Å². The third-order valence-corrected chi connectivity index (χ3v) is 4.43. The van der Waals surface area contributed by atoms with E-state index in [1.165, 1.54) is 11.1 Å². The van der Waals surface area contributed by atoms with Gasteiger partial charge in [-0.2, -0.15) is 0 Å². The van der Waals surface area contributed by atoms with Crippen LogP contribution in [0.25, 0.3) is 0 Å². The zero-order valence-electron chi connectivity index (χ0n) is 12.8. The number of benzene rings is 1. The van der Waals surface area contributed by atoms with Gasteiger partial charge in [-0.05, 0) is 43.5 Å². The van der Waals surface area contributed by atoms with Crippen molar-refractivity contribution in [1.82, 2.24) is 5.32 Å². The van der Waals surface area contributed by atoms with E-state index in [0.29, 0.717) is 12.0 Å². The molecule has 0 spiro atoms. The Morgan fingerprint density at radius 1 is 1.29 bits per heavy atom. The summed E-state index contributed by atoms with van der Waals surface area (Å²) in [6, 6.07) is 10.8. The molecule has 3 nitrogen and oxygen atoms in total. The largest absolute Gasteiger partial charge is 0.493 e. The summed E-state index contributed by atoms with van der Waals surface area (Å²) in [7, 11) is 2.03. The van der Waals surface area contributed by atoms with Gasteiger partial charge in [-0.1, -0.05) is 25.1 Å². The lowest BCUT2D eigenvalue weighted by Gasteiger charge is -2.29. The minimum Gasteiger partial charge on any atom is -0.493 e. The standard InChI is InChI=1S/C18H23NO2/c1-3-17-15(9-11-20-17)16(19-2)12-13-8-10-21-18-7-5-4-6-14(13)18/h4-7,9,11,13,16,19H,3,8,10,12H2,1-2H3. The molecule has 0 amide bonds. The lowest BCUT2D eigenvalue weighted by Crippen LogP contribution is -2.23. The molecule has 3 rings (SSSR count). The monoisotopic (exact) mass is 285 g/mol. The highest BCUT2D eigenvalue weighted by atomic mass is 16.5. The van der Waals surface area contributed by atoms with Crippen LogP contribution in [0, 0.1) is 0 Å². The predicted octanol–water partition coefficient (Wildman–Crippen LogP) is 4.06. The van der Waals surface area contributed by atoms with E-state index in [-0.39, 0.29) is 0 Å². The van der Waals surface area contributed by atoms with Gasteiger partial charge in [0.2, 0.25) is 0 Å². The van der Waals surface area contributed by atoms with Crippen LogP contribution in [0.2, 0.25) is 0 Å². The third-order valence-electron chi connectivity index (χ3n) is 4.43. The number of furan rings is 1. The van der Waals surface area contributed by atoms with Crippen LogP contribution < -0.4 is 10.1 Å². The Morgan fingerprint density at radius 2 is 2.14 bits per heavy atom. The first kappa shape index (κ1) is 14.2. The molecule has 1 aliphatic rings. The molecule has 2 atom stereocenters. The Kier molecular flexibility index (Phi) is 4.30. The molecule has 1 aromatic carbocycles. The van der Waals surface area contributed by atoms with Gasteiger partial charge >= 0.3 is 0 Å². The van der Waals surface area contributed by atoms with Crippen LogP contribution in [-0.2, 0) is 6.42 Å². The third kappa shape index (κ3) is 2.84. The molecule has 1 N–H and O–H groups in total. The van der Waals surface area contributed by atoms with E-state index in [0.717, 1.165) is 37.4 Å². The number of fused-ring (bicyclic) bond motifs is 1. The van der Waals surface area contributed by atoms with Crippen LogP contribution in [0.5, 0.6) is 5.75 Å². The van der Waals surface area contributed by atoms with Crippen molar-refractivity contribution in [2.24, 2.45) is 0 Å². The van der Waals surface area contributed by atoms with Gasteiger partial charge in [-0.3, -0.25) is 0 Å². The number of rotatable bonds is 5. The first-order chi connectivity index (χ1) is 10.3. The SMILES string of the molecule is CCc1occc1C(CC1CCOc2ccccc21)NC. The maximum Gasteiger partial charge on any atom is 0.122 e. The molecular formula is C18H23NO2.